The van der Waals surface area contributed by atoms with Crippen LogP contribution < -0.4 is 5.73 Å². The first-order chi connectivity index (χ1) is 5.07. The number of aliphatic hydroxyl groups excluding tert-OH is 2. The SMILES string of the molecule is CN(C)CCC(O)C(N)CO. The van der Waals surface area contributed by atoms with Crippen LogP contribution in [0, 0.1) is 0 Å². The zero-order chi connectivity index (χ0) is 8.85. The second-order valence-corrected chi connectivity index (χ2v) is 3.01. The Balaban J connectivity index is 3.43. The van der Waals surface area contributed by atoms with E-state index in [0.717, 1.165) is 6.54 Å². The summed E-state index contributed by atoms with van der Waals surface area (Å²) in [6.45, 7) is 0.628. The lowest BCUT2D eigenvalue weighted by molar-refractivity contribution is 0.0946. The molecule has 0 aliphatic carbocycles. The van der Waals surface area contributed by atoms with Crippen molar-refractivity contribution in [1.82, 2.24) is 4.90 Å². The summed E-state index contributed by atoms with van der Waals surface area (Å²) in [5.41, 5.74) is 5.38. The Morgan fingerprint density at radius 2 is 2.00 bits per heavy atom. The summed E-state index contributed by atoms with van der Waals surface area (Å²) in [6.07, 6.45) is 0.0109. The van der Waals surface area contributed by atoms with Gasteiger partial charge in [-0.25, -0.2) is 0 Å². The molecule has 4 heteroatoms. The quantitative estimate of drug-likeness (QED) is 0.466. The monoisotopic (exact) mass is 162 g/mol. The lowest BCUT2D eigenvalue weighted by Gasteiger charge is -2.18. The first kappa shape index (κ1) is 10.8. The molecule has 4 nitrogen and oxygen atoms in total. The van der Waals surface area contributed by atoms with Crippen molar-refractivity contribution >= 4 is 0 Å². The highest BCUT2D eigenvalue weighted by atomic mass is 16.3. The van der Waals surface area contributed by atoms with Crippen LogP contribution in [0.4, 0.5) is 0 Å². The molecule has 0 bridgehead atoms. The minimum atomic E-state index is -0.595. The maximum Gasteiger partial charge on any atom is 0.0725 e. The molecule has 4 N–H and O–H groups in total. The Labute approximate surface area is 67.6 Å². The molecule has 0 aromatic heterocycles. The minimum absolute atomic E-state index is 0.158. The van der Waals surface area contributed by atoms with Crippen LogP contribution in [0.5, 0.6) is 0 Å². The summed E-state index contributed by atoms with van der Waals surface area (Å²) in [4.78, 5) is 1.97. The van der Waals surface area contributed by atoms with Gasteiger partial charge in [-0.2, -0.15) is 0 Å². The number of nitrogens with zero attached hydrogens (tertiary/aromatic N) is 1. The van der Waals surface area contributed by atoms with Gasteiger partial charge < -0.3 is 20.8 Å². The third-order valence-electron chi connectivity index (χ3n) is 1.58. The van der Waals surface area contributed by atoms with Gasteiger partial charge in [-0.05, 0) is 20.5 Å². The third kappa shape index (κ3) is 5.15. The van der Waals surface area contributed by atoms with Gasteiger partial charge in [0.1, 0.15) is 0 Å². The number of rotatable bonds is 5. The molecule has 0 saturated heterocycles. The van der Waals surface area contributed by atoms with E-state index in [-0.39, 0.29) is 6.61 Å². The molecule has 0 spiro atoms. The predicted molar refractivity (Wildman–Crippen MR) is 44.2 cm³/mol. The fourth-order valence-corrected chi connectivity index (χ4v) is 0.726. The molecule has 0 amide bonds. The van der Waals surface area contributed by atoms with Crippen LogP contribution in [0.15, 0.2) is 0 Å². The summed E-state index contributed by atoms with van der Waals surface area (Å²) >= 11 is 0. The second-order valence-electron chi connectivity index (χ2n) is 3.01. The van der Waals surface area contributed by atoms with Crippen molar-refractivity contribution in [3.05, 3.63) is 0 Å². The maximum atomic E-state index is 9.25. The number of nitrogens with two attached hydrogens (primary N) is 1. The molecular formula is C7H18N2O2. The van der Waals surface area contributed by atoms with E-state index in [1.165, 1.54) is 0 Å². The molecule has 0 radical (unpaired) electrons. The number of hydrogen-bond donors (Lipinski definition) is 3. The molecule has 68 valence electrons. The Morgan fingerprint density at radius 3 is 2.36 bits per heavy atom. The van der Waals surface area contributed by atoms with E-state index in [1.807, 2.05) is 19.0 Å². The highest BCUT2D eigenvalue weighted by Crippen LogP contribution is 1.96. The van der Waals surface area contributed by atoms with Gasteiger partial charge in [-0.3, -0.25) is 0 Å². The molecule has 0 aliphatic rings. The van der Waals surface area contributed by atoms with Crippen LogP contribution in [0.3, 0.4) is 0 Å². The van der Waals surface area contributed by atoms with Crippen molar-refractivity contribution in [3.8, 4) is 0 Å². The normalized spacial score (nSPS) is 16.9. The molecule has 0 aromatic rings. The average molecular weight is 162 g/mol. The molecule has 2 atom stereocenters. The van der Waals surface area contributed by atoms with Gasteiger partial charge in [0.05, 0.1) is 18.8 Å². The molecule has 0 fully saturated rings. The van der Waals surface area contributed by atoms with E-state index >= 15 is 0 Å². The molecule has 2 unspecified atom stereocenters. The van der Waals surface area contributed by atoms with Crippen LogP contribution in [0.25, 0.3) is 0 Å². The third-order valence-corrected chi connectivity index (χ3v) is 1.58. The lowest BCUT2D eigenvalue weighted by Crippen LogP contribution is -2.39. The molecule has 0 rings (SSSR count). The zero-order valence-corrected chi connectivity index (χ0v) is 7.20. The summed E-state index contributed by atoms with van der Waals surface area (Å²) in [5.74, 6) is 0. The summed E-state index contributed by atoms with van der Waals surface area (Å²) < 4.78 is 0. The van der Waals surface area contributed by atoms with Crippen molar-refractivity contribution in [1.29, 1.82) is 0 Å². The smallest absolute Gasteiger partial charge is 0.0725 e. The predicted octanol–water partition coefficient (Wildman–Crippen LogP) is -1.38. The van der Waals surface area contributed by atoms with Gasteiger partial charge in [0.2, 0.25) is 0 Å². The Morgan fingerprint density at radius 1 is 1.45 bits per heavy atom. The first-order valence-electron chi connectivity index (χ1n) is 3.77. The van der Waals surface area contributed by atoms with Gasteiger partial charge in [-0.15, -0.1) is 0 Å². The Bertz CT molecular complexity index is 98.4. The summed E-state index contributed by atoms with van der Waals surface area (Å²) in [7, 11) is 3.86. The first-order valence-corrected chi connectivity index (χ1v) is 3.77. The van der Waals surface area contributed by atoms with E-state index < -0.39 is 12.1 Å². The zero-order valence-electron chi connectivity index (χ0n) is 7.20. The number of hydrogen-bond acceptors (Lipinski definition) is 4. The molecule has 0 aliphatic heterocycles. The van der Waals surface area contributed by atoms with Crippen LogP contribution in [0.1, 0.15) is 6.42 Å². The molecule has 0 saturated carbocycles. The molecular weight excluding hydrogens is 144 g/mol. The van der Waals surface area contributed by atoms with Gasteiger partial charge in [-0.1, -0.05) is 0 Å². The highest BCUT2D eigenvalue weighted by molar-refractivity contribution is 4.70. The fourth-order valence-electron chi connectivity index (χ4n) is 0.726. The van der Waals surface area contributed by atoms with Crippen molar-refractivity contribution in [2.45, 2.75) is 18.6 Å². The van der Waals surface area contributed by atoms with Crippen LogP contribution >= 0.6 is 0 Å². The summed E-state index contributed by atoms with van der Waals surface area (Å²) in [5, 5.41) is 17.8. The molecule has 11 heavy (non-hydrogen) atoms. The van der Waals surface area contributed by atoms with Crippen molar-refractivity contribution in [2.75, 3.05) is 27.2 Å². The van der Waals surface area contributed by atoms with E-state index in [2.05, 4.69) is 0 Å². The Kier molecular flexibility index (Phi) is 5.41. The van der Waals surface area contributed by atoms with Gasteiger partial charge in [0, 0.05) is 6.54 Å². The fraction of sp³-hybridized carbons (Fsp3) is 1.00. The second kappa shape index (κ2) is 5.49. The van der Waals surface area contributed by atoms with Crippen LogP contribution in [-0.4, -0.2) is 54.5 Å². The maximum absolute atomic E-state index is 9.25. The van der Waals surface area contributed by atoms with E-state index in [1.54, 1.807) is 0 Å². The van der Waals surface area contributed by atoms with Crippen molar-refractivity contribution in [2.24, 2.45) is 5.73 Å². The van der Waals surface area contributed by atoms with Gasteiger partial charge in [0.25, 0.3) is 0 Å². The van der Waals surface area contributed by atoms with Crippen LogP contribution in [0.2, 0.25) is 0 Å². The van der Waals surface area contributed by atoms with Crippen molar-refractivity contribution in [3.63, 3.8) is 0 Å². The largest absolute Gasteiger partial charge is 0.395 e. The minimum Gasteiger partial charge on any atom is -0.395 e. The van der Waals surface area contributed by atoms with E-state index in [4.69, 9.17) is 10.8 Å². The summed E-state index contributed by atoms with van der Waals surface area (Å²) in [6, 6.07) is -0.505. The standard InChI is InChI=1S/C7H18N2O2/c1-9(2)4-3-7(11)6(8)5-10/h6-7,10-11H,3-5,8H2,1-2H3. The lowest BCUT2D eigenvalue weighted by atomic mass is 10.1. The number of aliphatic hydroxyl groups is 2. The Hall–Kier alpha value is -0.160. The highest BCUT2D eigenvalue weighted by Gasteiger charge is 2.12. The van der Waals surface area contributed by atoms with E-state index in [9.17, 15) is 5.11 Å². The van der Waals surface area contributed by atoms with Gasteiger partial charge >= 0.3 is 0 Å². The average Bonchev–Trinajstić information content (AvgIpc) is 1.98. The van der Waals surface area contributed by atoms with Crippen LogP contribution in [-0.2, 0) is 0 Å². The van der Waals surface area contributed by atoms with Gasteiger partial charge in [0.15, 0.2) is 0 Å². The topological polar surface area (TPSA) is 69.7 Å². The molecule has 0 aromatic carbocycles. The molecule has 0 heterocycles. The van der Waals surface area contributed by atoms with E-state index in [0.29, 0.717) is 6.42 Å². The van der Waals surface area contributed by atoms with Crippen molar-refractivity contribution < 1.29 is 10.2 Å².